The number of para-hydroxylation sites is 1. The largest absolute Gasteiger partial charge is 0.487 e. The highest BCUT2D eigenvalue weighted by Gasteiger charge is 2.06. The molecule has 4 heteroatoms. The maximum atomic E-state index is 11.3. The Kier molecular flexibility index (Phi) is 4.13. The topological polar surface area (TPSA) is 48.4 Å². The summed E-state index contributed by atoms with van der Waals surface area (Å²) in [5.41, 5.74) is 2.27. The maximum Gasteiger partial charge on any atom is 0.339 e. The van der Waals surface area contributed by atoms with Crippen LogP contribution in [0.2, 0.25) is 0 Å². The van der Waals surface area contributed by atoms with Crippen LogP contribution in [0.4, 0.5) is 0 Å². The standard InChI is InChI=1S/C15H15NO3/c1-11-5-3-4-6-14(11)19-10-13-8-7-12(9-16-13)15(17)18-2/h3-9H,10H2,1-2H3. The summed E-state index contributed by atoms with van der Waals surface area (Å²) in [5.74, 6) is 0.445. The summed E-state index contributed by atoms with van der Waals surface area (Å²) in [6, 6.07) is 11.2. The van der Waals surface area contributed by atoms with Crippen molar-refractivity contribution in [1.82, 2.24) is 4.98 Å². The molecule has 0 fully saturated rings. The average Bonchev–Trinajstić information content (AvgIpc) is 2.46. The number of esters is 1. The van der Waals surface area contributed by atoms with Gasteiger partial charge in [-0.05, 0) is 30.7 Å². The van der Waals surface area contributed by atoms with E-state index >= 15 is 0 Å². The Morgan fingerprint density at radius 2 is 2.00 bits per heavy atom. The fraction of sp³-hybridized carbons (Fsp3) is 0.200. The minimum Gasteiger partial charge on any atom is -0.487 e. The van der Waals surface area contributed by atoms with Crippen molar-refractivity contribution in [2.75, 3.05) is 7.11 Å². The van der Waals surface area contributed by atoms with Gasteiger partial charge in [0, 0.05) is 6.20 Å². The molecule has 0 atom stereocenters. The predicted molar refractivity (Wildman–Crippen MR) is 71.1 cm³/mol. The number of aryl methyl sites for hydroxylation is 1. The summed E-state index contributed by atoms with van der Waals surface area (Å²) in [6.45, 7) is 2.36. The highest BCUT2D eigenvalue weighted by Crippen LogP contribution is 2.17. The van der Waals surface area contributed by atoms with E-state index in [1.165, 1.54) is 13.3 Å². The molecular weight excluding hydrogens is 242 g/mol. The number of methoxy groups -OCH3 is 1. The molecule has 19 heavy (non-hydrogen) atoms. The zero-order valence-corrected chi connectivity index (χ0v) is 10.9. The van der Waals surface area contributed by atoms with Crippen molar-refractivity contribution in [3.8, 4) is 5.75 Å². The van der Waals surface area contributed by atoms with E-state index in [1.807, 2.05) is 31.2 Å². The third kappa shape index (κ3) is 3.31. The van der Waals surface area contributed by atoms with Gasteiger partial charge < -0.3 is 9.47 Å². The molecule has 0 saturated heterocycles. The molecule has 98 valence electrons. The number of carbonyl (C=O) groups is 1. The van der Waals surface area contributed by atoms with Crippen LogP contribution in [0.1, 0.15) is 21.6 Å². The van der Waals surface area contributed by atoms with Crippen LogP contribution in [0.5, 0.6) is 5.75 Å². The van der Waals surface area contributed by atoms with Crippen molar-refractivity contribution >= 4 is 5.97 Å². The predicted octanol–water partition coefficient (Wildman–Crippen LogP) is 2.76. The Bertz CT molecular complexity index is 564. The van der Waals surface area contributed by atoms with Crippen LogP contribution < -0.4 is 4.74 Å². The van der Waals surface area contributed by atoms with E-state index in [4.69, 9.17) is 4.74 Å². The second-order valence-electron chi connectivity index (χ2n) is 4.08. The van der Waals surface area contributed by atoms with Crippen molar-refractivity contribution in [2.45, 2.75) is 13.5 Å². The van der Waals surface area contributed by atoms with E-state index in [0.717, 1.165) is 17.0 Å². The van der Waals surface area contributed by atoms with Gasteiger partial charge in [-0.2, -0.15) is 0 Å². The normalized spacial score (nSPS) is 10.0. The zero-order valence-electron chi connectivity index (χ0n) is 10.9. The van der Waals surface area contributed by atoms with E-state index in [1.54, 1.807) is 12.1 Å². The lowest BCUT2D eigenvalue weighted by Crippen LogP contribution is -2.04. The first kappa shape index (κ1) is 13.1. The van der Waals surface area contributed by atoms with Crippen LogP contribution >= 0.6 is 0 Å². The summed E-state index contributed by atoms with van der Waals surface area (Å²) in [5, 5.41) is 0. The highest BCUT2D eigenvalue weighted by atomic mass is 16.5. The number of benzene rings is 1. The van der Waals surface area contributed by atoms with Gasteiger partial charge >= 0.3 is 5.97 Å². The molecule has 4 nitrogen and oxygen atoms in total. The second-order valence-corrected chi connectivity index (χ2v) is 4.08. The number of aromatic nitrogens is 1. The monoisotopic (exact) mass is 257 g/mol. The summed E-state index contributed by atoms with van der Waals surface area (Å²) < 4.78 is 10.3. The summed E-state index contributed by atoms with van der Waals surface area (Å²) in [4.78, 5) is 15.4. The van der Waals surface area contributed by atoms with Crippen LogP contribution in [0.25, 0.3) is 0 Å². The zero-order chi connectivity index (χ0) is 13.7. The lowest BCUT2D eigenvalue weighted by Gasteiger charge is -2.08. The van der Waals surface area contributed by atoms with E-state index in [-0.39, 0.29) is 5.97 Å². The van der Waals surface area contributed by atoms with Gasteiger partial charge in [0.2, 0.25) is 0 Å². The molecule has 0 aliphatic rings. The smallest absolute Gasteiger partial charge is 0.339 e. The number of nitrogens with zero attached hydrogens (tertiary/aromatic N) is 1. The van der Waals surface area contributed by atoms with Crippen LogP contribution in [0.15, 0.2) is 42.6 Å². The first-order valence-corrected chi connectivity index (χ1v) is 5.92. The fourth-order valence-corrected chi connectivity index (χ4v) is 1.62. The van der Waals surface area contributed by atoms with Crippen molar-refractivity contribution in [3.05, 3.63) is 59.4 Å². The molecule has 2 aromatic rings. The molecule has 0 radical (unpaired) electrons. The molecule has 0 saturated carbocycles. The number of carbonyl (C=O) groups excluding carboxylic acids is 1. The molecular formula is C15H15NO3. The Balaban J connectivity index is 2.01. The summed E-state index contributed by atoms with van der Waals surface area (Å²) in [7, 11) is 1.34. The Morgan fingerprint density at radius 3 is 2.63 bits per heavy atom. The van der Waals surface area contributed by atoms with Crippen LogP contribution in [-0.2, 0) is 11.3 Å². The fourth-order valence-electron chi connectivity index (χ4n) is 1.62. The molecule has 0 unspecified atom stereocenters. The average molecular weight is 257 g/mol. The van der Waals surface area contributed by atoms with Crippen LogP contribution in [-0.4, -0.2) is 18.1 Å². The van der Waals surface area contributed by atoms with E-state index < -0.39 is 0 Å². The van der Waals surface area contributed by atoms with Crippen molar-refractivity contribution in [3.63, 3.8) is 0 Å². The maximum absolute atomic E-state index is 11.3. The molecule has 0 aliphatic carbocycles. The molecule has 0 aliphatic heterocycles. The van der Waals surface area contributed by atoms with Gasteiger partial charge in [-0.3, -0.25) is 4.98 Å². The molecule has 0 spiro atoms. The van der Waals surface area contributed by atoms with Crippen molar-refractivity contribution in [2.24, 2.45) is 0 Å². The van der Waals surface area contributed by atoms with Gasteiger partial charge in [-0.15, -0.1) is 0 Å². The third-order valence-electron chi connectivity index (χ3n) is 2.71. The first-order chi connectivity index (χ1) is 9.20. The Morgan fingerprint density at radius 1 is 1.21 bits per heavy atom. The van der Waals surface area contributed by atoms with Gasteiger partial charge in [0.1, 0.15) is 12.4 Å². The third-order valence-corrected chi connectivity index (χ3v) is 2.71. The number of rotatable bonds is 4. The van der Waals surface area contributed by atoms with E-state index in [9.17, 15) is 4.79 Å². The lowest BCUT2D eigenvalue weighted by atomic mass is 10.2. The first-order valence-electron chi connectivity index (χ1n) is 5.92. The minimum atomic E-state index is -0.390. The summed E-state index contributed by atoms with van der Waals surface area (Å²) in [6.07, 6.45) is 1.49. The summed E-state index contributed by atoms with van der Waals surface area (Å²) >= 11 is 0. The van der Waals surface area contributed by atoms with Crippen molar-refractivity contribution in [1.29, 1.82) is 0 Å². The molecule has 2 rings (SSSR count). The highest BCUT2D eigenvalue weighted by molar-refractivity contribution is 5.88. The SMILES string of the molecule is COC(=O)c1ccc(COc2ccccc2C)nc1. The number of hydrogen-bond donors (Lipinski definition) is 0. The van der Waals surface area contributed by atoms with Gasteiger partial charge in [-0.25, -0.2) is 4.79 Å². The van der Waals surface area contributed by atoms with Gasteiger partial charge in [0.25, 0.3) is 0 Å². The quantitative estimate of drug-likeness (QED) is 0.790. The second kappa shape index (κ2) is 6.00. The van der Waals surface area contributed by atoms with Crippen LogP contribution in [0.3, 0.4) is 0 Å². The van der Waals surface area contributed by atoms with Crippen molar-refractivity contribution < 1.29 is 14.3 Å². The van der Waals surface area contributed by atoms with Crippen LogP contribution in [0, 0.1) is 6.92 Å². The van der Waals surface area contributed by atoms with Gasteiger partial charge in [-0.1, -0.05) is 18.2 Å². The molecule has 0 bridgehead atoms. The minimum absolute atomic E-state index is 0.367. The van der Waals surface area contributed by atoms with Gasteiger partial charge in [0.15, 0.2) is 0 Å². The molecule has 0 N–H and O–H groups in total. The Labute approximate surface area is 112 Å². The molecule has 1 heterocycles. The van der Waals surface area contributed by atoms with Gasteiger partial charge in [0.05, 0.1) is 18.4 Å². The number of pyridine rings is 1. The molecule has 0 amide bonds. The number of ether oxygens (including phenoxy) is 2. The lowest BCUT2D eigenvalue weighted by molar-refractivity contribution is 0.0600. The molecule has 1 aromatic carbocycles. The van der Waals surface area contributed by atoms with E-state index in [0.29, 0.717) is 12.2 Å². The number of hydrogen-bond acceptors (Lipinski definition) is 4. The molecule has 1 aromatic heterocycles. The van der Waals surface area contributed by atoms with E-state index in [2.05, 4.69) is 9.72 Å². The Hall–Kier alpha value is -2.36.